The van der Waals surface area contributed by atoms with Gasteiger partial charge in [-0.25, -0.2) is 4.39 Å². The predicted molar refractivity (Wildman–Crippen MR) is 102 cm³/mol. The van der Waals surface area contributed by atoms with E-state index in [4.69, 9.17) is 10.5 Å². The molecule has 176 valence electrons. The number of halogens is 7. The summed E-state index contributed by atoms with van der Waals surface area (Å²) < 4.78 is 96.5. The van der Waals surface area contributed by atoms with Crippen LogP contribution in [-0.4, -0.2) is 25.6 Å². The van der Waals surface area contributed by atoms with Gasteiger partial charge < -0.3 is 15.8 Å². The van der Waals surface area contributed by atoms with Crippen LogP contribution in [0.15, 0.2) is 42.5 Å². The lowest BCUT2D eigenvalue weighted by Crippen LogP contribution is -2.31. The van der Waals surface area contributed by atoms with Crippen LogP contribution >= 0.6 is 0 Å². The van der Waals surface area contributed by atoms with Crippen LogP contribution < -0.4 is 11.1 Å². The number of rotatable bonds is 9. The first-order chi connectivity index (χ1) is 14.9. The Hall–Kier alpha value is -2.66. The number of benzene rings is 2. The zero-order chi connectivity index (χ0) is 23.9. The number of hydrogen-bond acceptors (Lipinski definition) is 3. The Labute approximate surface area is 179 Å². The smallest absolute Gasteiger partial charge is 0.376 e. The van der Waals surface area contributed by atoms with Crippen molar-refractivity contribution in [3.63, 3.8) is 0 Å². The molecule has 2 rings (SSSR count). The number of carbonyl (C=O) groups is 1. The molecule has 0 saturated carbocycles. The molecule has 11 heteroatoms. The molecular weight excluding hydrogens is 445 g/mol. The van der Waals surface area contributed by atoms with E-state index in [2.05, 4.69) is 5.32 Å². The third-order valence-electron chi connectivity index (χ3n) is 4.49. The largest absolute Gasteiger partial charge is 0.416 e. The second-order valence-electron chi connectivity index (χ2n) is 7.02. The van der Waals surface area contributed by atoms with Crippen LogP contribution in [0.4, 0.5) is 30.7 Å². The number of nitrogens with one attached hydrogen (secondary N) is 1. The fourth-order valence-electron chi connectivity index (χ4n) is 2.89. The van der Waals surface area contributed by atoms with E-state index in [1.165, 1.54) is 24.3 Å². The van der Waals surface area contributed by atoms with Gasteiger partial charge in [0, 0.05) is 25.4 Å². The van der Waals surface area contributed by atoms with Crippen molar-refractivity contribution in [3.8, 4) is 0 Å². The molecule has 0 heterocycles. The van der Waals surface area contributed by atoms with Gasteiger partial charge in [-0.3, -0.25) is 4.79 Å². The van der Waals surface area contributed by atoms with Crippen molar-refractivity contribution < 1.29 is 40.3 Å². The monoisotopic (exact) mass is 466 g/mol. The summed E-state index contributed by atoms with van der Waals surface area (Å²) in [6.07, 6.45) is -9.85. The van der Waals surface area contributed by atoms with Gasteiger partial charge in [0.2, 0.25) is 5.91 Å². The van der Waals surface area contributed by atoms with Crippen molar-refractivity contribution >= 4 is 5.91 Å². The topological polar surface area (TPSA) is 64.4 Å². The first-order valence-electron chi connectivity index (χ1n) is 9.48. The van der Waals surface area contributed by atoms with Gasteiger partial charge >= 0.3 is 12.4 Å². The Bertz CT molecular complexity index is 864. The van der Waals surface area contributed by atoms with Crippen LogP contribution in [0.1, 0.15) is 34.6 Å². The third kappa shape index (κ3) is 7.79. The van der Waals surface area contributed by atoms with E-state index in [9.17, 15) is 35.5 Å². The van der Waals surface area contributed by atoms with Crippen LogP contribution in [0.2, 0.25) is 0 Å². The minimum absolute atomic E-state index is 0.0395. The molecule has 1 unspecified atom stereocenters. The van der Waals surface area contributed by atoms with Crippen molar-refractivity contribution in [1.82, 2.24) is 5.32 Å². The standard InChI is InChI=1S/C21H21F7N2O2/c22-18-3-1-14(2-4-18)15(10-30-19(31)5-6-29)12-32-11-13-7-16(20(23,24)25)9-17(8-13)21(26,27)28/h1-4,7-9,15H,5-6,10-12,29H2,(H,30,31). The lowest BCUT2D eigenvalue weighted by atomic mass is 9.99. The fraction of sp³-hybridized carbons (Fsp3) is 0.381. The van der Waals surface area contributed by atoms with Crippen LogP contribution in [0.5, 0.6) is 0 Å². The molecule has 1 amide bonds. The first kappa shape index (κ1) is 25.6. The van der Waals surface area contributed by atoms with Gasteiger partial charge in [-0.05, 0) is 41.5 Å². The van der Waals surface area contributed by atoms with Gasteiger partial charge in [-0.2, -0.15) is 26.3 Å². The molecule has 0 aliphatic rings. The minimum atomic E-state index is -4.96. The van der Waals surface area contributed by atoms with E-state index in [0.29, 0.717) is 17.7 Å². The van der Waals surface area contributed by atoms with E-state index < -0.39 is 41.8 Å². The molecule has 2 aromatic rings. The van der Waals surface area contributed by atoms with E-state index in [0.717, 1.165) is 0 Å². The number of alkyl halides is 6. The Morgan fingerprint density at radius 2 is 1.53 bits per heavy atom. The summed E-state index contributed by atoms with van der Waals surface area (Å²) in [5, 5.41) is 2.61. The summed E-state index contributed by atoms with van der Waals surface area (Å²) in [6.45, 7) is -0.491. The van der Waals surface area contributed by atoms with Gasteiger partial charge in [0.05, 0.1) is 24.3 Å². The van der Waals surface area contributed by atoms with Crippen molar-refractivity contribution in [2.75, 3.05) is 19.7 Å². The molecule has 0 fully saturated rings. The van der Waals surface area contributed by atoms with Crippen molar-refractivity contribution in [2.45, 2.75) is 31.3 Å². The quantitative estimate of drug-likeness (QED) is 0.530. The number of carbonyl (C=O) groups excluding carboxylic acids is 1. The molecule has 0 aliphatic carbocycles. The molecule has 0 aromatic heterocycles. The minimum Gasteiger partial charge on any atom is -0.376 e. The highest BCUT2D eigenvalue weighted by Gasteiger charge is 2.36. The Balaban J connectivity index is 2.15. The van der Waals surface area contributed by atoms with Gasteiger partial charge in [0.1, 0.15) is 5.82 Å². The maximum Gasteiger partial charge on any atom is 0.416 e. The van der Waals surface area contributed by atoms with Crippen LogP contribution in [0, 0.1) is 5.82 Å². The van der Waals surface area contributed by atoms with Crippen molar-refractivity contribution in [3.05, 3.63) is 70.5 Å². The van der Waals surface area contributed by atoms with E-state index in [1.807, 2.05) is 0 Å². The normalized spacial score (nSPS) is 13.1. The molecule has 0 spiro atoms. The molecule has 4 nitrogen and oxygen atoms in total. The average Bonchev–Trinajstić information content (AvgIpc) is 2.70. The highest BCUT2D eigenvalue weighted by molar-refractivity contribution is 5.76. The molecule has 0 aliphatic heterocycles. The molecule has 3 N–H and O–H groups in total. The van der Waals surface area contributed by atoms with Crippen molar-refractivity contribution in [2.24, 2.45) is 5.73 Å². The molecular formula is C21H21F7N2O2. The lowest BCUT2D eigenvalue weighted by molar-refractivity contribution is -0.143. The van der Waals surface area contributed by atoms with Gasteiger partial charge in [-0.1, -0.05) is 12.1 Å². The lowest BCUT2D eigenvalue weighted by Gasteiger charge is -2.19. The second-order valence-corrected chi connectivity index (χ2v) is 7.02. The maximum absolute atomic E-state index is 13.2. The van der Waals surface area contributed by atoms with E-state index >= 15 is 0 Å². The summed E-state index contributed by atoms with van der Waals surface area (Å²) in [6, 6.07) is 6.49. The van der Waals surface area contributed by atoms with Crippen LogP contribution in [0.25, 0.3) is 0 Å². The first-order valence-corrected chi connectivity index (χ1v) is 9.48. The molecule has 0 saturated heterocycles. The summed E-state index contributed by atoms with van der Waals surface area (Å²) >= 11 is 0. The molecule has 32 heavy (non-hydrogen) atoms. The summed E-state index contributed by atoms with van der Waals surface area (Å²) in [5.41, 5.74) is 2.70. The number of ether oxygens (including phenoxy) is 1. The number of hydrogen-bond donors (Lipinski definition) is 2. The van der Waals surface area contributed by atoms with Gasteiger partial charge in [-0.15, -0.1) is 0 Å². The van der Waals surface area contributed by atoms with Crippen LogP contribution in [-0.2, 0) is 28.5 Å². The number of amides is 1. The predicted octanol–water partition coefficient (Wildman–Crippen LogP) is 4.63. The summed E-state index contributed by atoms with van der Waals surface area (Å²) in [5.74, 6) is -1.36. The van der Waals surface area contributed by atoms with Gasteiger partial charge in [0.25, 0.3) is 0 Å². The fourth-order valence-corrected chi connectivity index (χ4v) is 2.89. The highest BCUT2D eigenvalue weighted by atomic mass is 19.4. The van der Waals surface area contributed by atoms with Gasteiger partial charge in [0.15, 0.2) is 0 Å². The molecule has 0 bridgehead atoms. The van der Waals surface area contributed by atoms with Crippen molar-refractivity contribution in [1.29, 1.82) is 0 Å². The molecule has 1 atom stereocenters. The Morgan fingerprint density at radius 3 is 2.03 bits per heavy atom. The maximum atomic E-state index is 13.2. The Morgan fingerprint density at radius 1 is 0.969 bits per heavy atom. The van der Waals surface area contributed by atoms with E-state index in [1.54, 1.807) is 0 Å². The summed E-state index contributed by atoms with van der Waals surface area (Å²) in [7, 11) is 0. The highest BCUT2D eigenvalue weighted by Crippen LogP contribution is 2.36. The zero-order valence-electron chi connectivity index (χ0n) is 16.7. The van der Waals surface area contributed by atoms with E-state index in [-0.39, 0.29) is 43.7 Å². The second kappa shape index (κ2) is 10.8. The average molecular weight is 466 g/mol. The third-order valence-corrected chi connectivity index (χ3v) is 4.49. The molecule has 2 aromatic carbocycles. The SMILES string of the molecule is NCCC(=O)NCC(COCc1cc(C(F)(F)F)cc(C(F)(F)F)c1)c1ccc(F)cc1. The summed E-state index contributed by atoms with van der Waals surface area (Å²) in [4.78, 5) is 11.7. The number of nitrogens with two attached hydrogens (primary N) is 1. The van der Waals surface area contributed by atoms with Crippen LogP contribution in [0.3, 0.4) is 0 Å². The Kier molecular flexibility index (Phi) is 8.62. The zero-order valence-corrected chi connectivity index (χ0v) is 16.7. The molecule has 0 radical (unpaired) electrons.